The number of aromatic nitrogens is 2. The lowest BCUT2D eigenvalue weighted by Gasteiger charge is -2.12. The highest BCUT2D eigenvalue weighted by Crippen LogP contribution is 2.48. The van der Waals surface area contributed by atoms with Crippen molar-refractivity contribution >= 4 is 34.8 Å². The van der Waals surface area contributed by atoms with Crippen LogP contribution in [0.2, 0.25) is 10.0 Å². The zero-order valence-electron chi connectivity index (χ0n) is 13.3. The Kier molecular flexibility index (Phi) is 3.67. The third-order valence-corrected chi connectivity index (χ3v) is 5.48. The minimum atomic E-state index is -0.836. The van der Waals surface area contributed by atoms with Gasteiger partial charge in [0, 0.05) is 18.0 Å². The molecule has 7 heteroatoms. The van der Waals surface area contributed by atoms with Gasteiger partial charge in [0.25, 0.3) is 0 Å². The van der Waals surface area contributed by atoms with E-state index in [9.17, 15) is 9.90 Å². The van der Waals surface area contributed by atoms with Crippen LogP contribution in [0.15, 0.2) is 36.7 Å². The smallest absolute Gasteiger partial charge is 0.315 e. The van der Waals surface area contributed by atoms with Crippen molar-refractivity contribution in [1.29, 1.82) is 0 Å². The van der Waals surface area contributed by atoms with Gasteiger partial charge in [-0.1, -0.05) is 23.2 Å². The molecule has 2 heterocycles. The Morgan fingerprint density at radius 3 is 2.72 bits per heavy atom. The first-order valence-corrected chi connectivity index (χ1v) is 8.47. The number of aliphatic carboxylic acids is 1. The number of pyridine rings is 1. The van der Waals surface area contributed by atoms with Crippen LogP contribution < -0.4 is 4.74 Å². The number of hydrogen-bond acceptors (Lipinski definition) is 3. The second-order valence-corrected chi connectivity index (χ2v) is 6.92. The van der Waals surface area contributed by atoms with Gasteiger partial charge in [0.15, 0.2) is 0 Å². The summed E-state index contributed by atoms with van der Waals surface area (Å²) in [7, 11) is 1.57. The Balaban J connectivity index is 1.86. The molecule has 1 aromatic carbocycles. The first-order valence-electron chi connectivity index (χ1n) is 7.71. The lowest BCUT2D eigenvalue weighted by Crippen LogP contribution is -2.19. The molecular weight excluding hydrogens is 363 g/mol. The van der Waals surface area contributed by atoms with Crippen molar-refractivity contribution in [2.75, 3.05) is 7.11 Å². The quantitative estimate of drug-likeness (QED) is 0.731. The van der Waals surface area contributed by atoms with E-state index in [1.165, 1.54) is 0 Å². The molecule has 0 spiro atoms. The van der Waals surface area contributed by atoms with Crippen LogP contribution in [0.25, 0.3) is 16.8 Å². The molecule has 25 heavy (non-hydrogen) atoms. The van der Waals surface area contributed by atoms with E-state index < -0.39 is 11.4 Å². The van der Waals surface area contributed by atoms with Crippen LogP contribution in [0.3, 0.4) is 0 Å². The molecule has 1 aliphatic carbocycles. The minimum Gasteiger partial charge on any atom is -0.496 e. The van der Waals surface area contributed by atoms with E-state index in [1.54, 1.807) is 25.4 Å². The number of benzene rings is 1. The summed E-state index contributed by atoms with van der Waals surface area (Å²) >= 11 is 12.5. The molecule has 0 saturated heterocycles. The molecule has 0 bridgehead atoms. The average molecular weight is 377 g/mol. The minimum absolute atomic E-state index is 0.404. The van der Waals surface area contributed by atoms with E-state index in [4.69, 9.17) is 27.9 Å². The highest BCUT2D eigenvalue weighted by Gasteiger charge is 2.53. The van der Waals surface area contributed by atoms with Crippen LogP contribution in [-0.4, -0.2) is 27.6 Å². The molecular formula is C18H14Cl2N2O3. The molecule has 1 N–H and O–H groups in total. The van der Waals surface area contributed by atoms with E-state index in [1.807, 2.05) is 22.7 Å². The van der Waals surface area contributed by atoms with E-state index in [2.05, 4.69) is 4.98 Å². The Morgan fingerprint density at radius 1 is 1.32 bits per heavy atom. The molecule has 1 fully saturated rings. The number of methoxy groups -OCH3 is 1. The van der Waals surface area contributed by atoms with Gasteiger partial charge in [-0.15, -0.1) is 0 Å². The number of carboxylic acid groups (broad SMARTS) is 1. The topological polar surface area (TPSA) is 63.8 Å². The van der Waals surface area contributed by atoms with Crippen LogP contribution in [0.1, 0.15) is 18.5 Å². The Hall–Kier alpha value is -2.24. The fraction of sp³-hybridized carbons (Fsp3) is 0.222. The van der Waals surface area contributed by atoms with Gasteiger partial charge in [-0.2, -0.15) is 0 Å². The van der Waals surface area contributed by atoms with Gasteiger partial charge in [-0.3, -0.25) is 4.79 Å². The fourth-order valence-electron chi connectivity index (χ4n) is 3.04. The number of rotatable bonds is 4. The van der Waals surface area contributed by atoms with E-state index in [0.29, 0.717) is 45.5 Å². The number of fused-ring (bicyclic) bond motifs is 1. The normalized spacial score (nSPS) is 15.3. The Labute approximate surface area is 153 Å². The summed E-state index contributed by atoms with van der Waals surface area (Å²) in [4.78, 5) is 16.0. The number of hydrogen-bond donors (Lipinski definition) is 1. The van der Waals surface area contributed by atoms with Crippen molar-refractivity contribution in [3.05, 3.63) is 52.4 Å². The summed E-state index contributed by atoms with van der Waals surface area (Å²) < 4.78 is 7.21. The van der Waals surface area contributed by atoms with Crippen molar-refractivity contribution in [2.24, 2.45) is 0 Å². The molecule has 0 atom stereocenters. The molecule has 3 aromatic rings. The van der Waals surface area contributed by atoms with Crippen molar-refractivity contribution < 1.29 is 14.6 Å². The van der Waals surface area contributed by atoms with Gasteiger partial charge >= 0.3 is 5.97 Å². The summed E-state index contributed by atoms with van der Waals surface area (Å²) in [5, 5.41) is 10.3. The lowest BCUT2D eigenvalue weighted by atomic mass is 10.0. The van der Waals surface area contributed by atoms with Crippen molar-refractivity contribution in [2.45, 2.75) is 18.3 Å². The molecule has 0 amide bonds. The maximum Gasteiger partial charge on any atom is 0.315 e. The number of carboxylic acids is 1. The molecule has 1 aliphatic rings. The molecule has 0 unspecified atom stereocenters. The molecule has 1 saturated carbocycles. The van der Waals surface area contributed by atoms with Gasteiger partial charge in [0.05, 0.1) is 22.8 Å². The Bertz CT molecular complexity index is 1010. The van der Waals surface area contributed by atoms with E-state index in [-0.39, 0.29) is 0 Å². The predicted octanol–water partition coefficient (Wildman–Crippen LogP) is 4.43. The van der Waals surface area contributed by atoms with Crippen LogP contribution in [0.4, 0.5) is 0 Å². The summed E-state index contributed by atoms with van der Waals surface area (Å²) in [5.74, 6) is -0.217. The maximum absolute atomic E-state index is 11.5. The van der Waals surface area contributed by atoms with Crippen LogP contribution in [0.5, 0.6) is 5.75 Å². The average Bonchev–Trinajstić information content (AvgIpc) is 3.31. The largest absolute Gasteiger partial charge is 0.496 e. The fourth-order valence-corrected chi connectivity index (χ4v) is 3.47. The molecule has 4 rings (SSSR count). The maximum atomic E-state index is 11.5. The molecule has 5 nitrogen and oxygen atoms in total. The van der Waals surface area contributed by atoms with E-state index in [0.717, 1.165) is 5.56 Å². The standard InChI is InChI=1S/C18H14Cl2N2O3/c1-25-12-3-2-11(19)16(20)15(12)10-4-7-22-9-13(21-14(22)8-10)18(5-6-18)17(23)24/h2-4,7-9H,5-6H2,1H3,(H,23,24). The lowest BCUT2D eigenvalue weighted by molar-refractivity contribution is -0.140. The number of carbonyl (C=O) groups is 1. The van der Waals surface area contributed by atoms with Gasteiger partial charge < -0.3 is 14.2 Å². The van der Waals surface area contributed by atoms with Gasteiger partial charge in [-0.25, -0.2) is 4.98 Å². The van der Waals surface area contributed by atoms with Crippen LogP contribution >= 0.6 is 23.2 Å². The molecule has 0 aliphatic heterocycles. The predicted molar refractivity (Wildman–Crippen MR) is 95.7 cm³/mol. The highest BCUT2D eigenvalue weighted by atomic mass is 35.5. The first kappa shape index (κ1) is 16.2. The zero-order chi connectivity index (χ0) is 17.8. The number of nitrogens with zero attached hydrogens (tertiary/aromatic N) is 2. The summed E-state index contributed by atoms with van der Waals surface area (Å²) in [6, 6.07) is 7.16. The Morgan fingerprint density at radius 2 is 2.08 bits per heavy atom. The highest BCUT2D eigenvalue weighted by molar-refractivity contribution is 6.44. The summed E-state index contributed by atoms with van der Waals surface area (Å²) in [6.07, 6.45) is 4.84. The van der Waals surface area contributed by atoms with Gasteiger partial charge in [-0.05, 0) is 42.7 Å². The molecule has 0 radical (unpaired) electrons. The summed E-state index contributed by atoms with van der Waals surface area (Å²) in [5.41, 5.74) is 1.88. The van der Waals surface area contributed by atoms with Crippen LogP contribution in [-0.2, 0) is 10.2 Å². The molecule has 128 valence electrons. The monoisotopic (exact) mass is 376 g/mol. The van der Waals surface area contributed by atoms with Crippen LogP contribution in [0, 0.1) is 0 Å². The number of imidazole rings is 1. The number of ether oxygens (including phenoxy) is 1. The zero-order valence-corrected chi connectivity index (χ0v) is 14.8. The van der Waals surface area contributed by atoms with Crippen molar-refractivity contribution in [1.82, 2.24) is 9.38 Å². The third-order valence-electron chi connectivity index (χ3n) is 4.68. The van der Waals surface area contributed by atoms with Gasteiger partial charge in [0.2, 0.25) is 0 Å². The van der Waals surface area contributed by atoms with E-state index >= 15 is 0 Å². The second kappa shape index (κ2) is 5.64. The SMILES string of the molecule is COc1ccc(Cl)c(Cl)c1-c1ccn2cc(C3(C(=O)O)CC3)nc2c1. The van der Waals surface area contributed by atoms with Crippen molar-refractivity contribution in [3.8, 4) is 16.9 Å². The second-order valence-electron chi connectivity index (χ2n) is 6.13. The van der Waals surface area contributed by atoms with Crippen molar-refractivity contribution in [3.63, 3.8) is 0 Å². The van der Waals surface area contributed by atoms with Gasteiger partial charge in [0.1, 0.15) is 16.8 Å². The first-order chi connectivity index (χ1) is 12.0. The third kappa shape index (κ3) is 2.46. The summed E-state index contributed by atoms with van der Waals surface area (Å²) in [6.45, 7) is 0. The molecule has 2 aromatic heterocycles. The number of halogens is 2.